The summed E-state index contributed by atoms with van der Waals surface area (Å²) >= 11 is 3.26. The monoisotopic (exact) mass is 240 g/mol. The molecule has 1 rings (SSSR count). The fourth-order valence-electron chi connectivity index (χ4n) is 0.971. The van der Waals surface area contributed by atoms with Gasteiger partial charge in [0.2, 0.25) is 0 Å². The first kappa shape index (κ1) is 9.96. The van der Waals surface area contributed by atoms with E-state index in [9.17, 15) is 0 Å². The quantitative estimate of drug-likeness (QED) is 0.817. The molecule has 0 saturated carbocycles. The number of hydrogen-bond donors (Lipinski definition) is 2. The summed E-state index contributed by atoms with van der Waals surface area (Å²) in [7, 11) is 0. The molecule has 1 aromatic rings. The molecule has 0 aliphatic carbocycles. The van der Waals surface area contributed by atoms with Gasteiger partial charge in [-0.25, -0.2) is 4.98 Å². The van der Waals surface area contributed by atoms with Crippen LogP contribution in [0.4, 0.5) is 5.82 Å². The van der Waals surface area contributed by atoms with Crippen molar-refractivity contribution in [1.82, 2.24) is 4.98 Å². The highest BCUT2D eigenvalue weighted by Gasteiger charge is 2.10. The van der Waals surface area contributed by atoms with E-state index in [-0.39, 0.29) is 12.5 Å². The van der Waals surface area contributed by atoms with Gasteiger partial charge in [0.05, 0.1) is 12.5 Å². The van der Waals surface area contributed by atoms with Gasteiger partial charge < -0.3 is 11.5 Å². The van der Waals surface area contributed by atoms with E-state index in [1.165, 1.54) is 0 Å². The van der Waals surface area contributed by atoms with Crippen LogP contribution in [0.5, 0.6) is 0 Å². The topological polar surface area (TPSA) is 88.7 Å². The molecule has 1 atom stereocenters. The molecule has 0 aliphatic rings. The molecule has 0 aliphatic heterocycles. The summed E-state index contributed by atoms with van der Waals surface area (Å²) in [6.45, 7) is 0. The van der Waals surface area contributed by atoms with E-state index in [1.54, 1.807) is 12.3 Å². The molecule has 0 radical (unpaired) electrons. The largest absolute Gasteiger partial charge is 0.383 e. The van der Waals surface area contributed by atoms with Gasteiger partial charge in [-0.15, -0.1) is 0 Å². The molecule has 1 aromatic heterocycles. The minimum atomic E-state index is -0.366. The van der Waals surface area contributed by atoms with E-state index in [2.05, 4.69) is 20.9 Å². The number of halogens is 1. The van der Waals surface area contributed by atoms with Crippen LogP contribution in [0, 0.1) is 11.3 Å². The molecule has 4 nitrogen and oxygen atoms in total. The summed E-state index contributed by atoms with van der Waals surface area (Å²) in [6.07, 6.45) is 1.83. The molecular formula is C8H9BrN4. The Labute approximate surface area is 84.7 Å². The highest BCUT2D eigenvalue weighted by Crippen LogP contribution is 2.22. The van der Waals surface area contributed by atoms with Gasteiger partial charge in [-0.2, -0.15) is 5.26 Å². The molecule has 0 aromatic carbocycles. The van der Waals surface area contributed by atoms with Crippen molar-refractivity contribution in [2.45, 2.75) is 12.5 Å². The fraction of sp³-hybridized carbons (Fsp3) is 0.250. The van der Waals surface area contributed by atoms with Crippen LogP contribution in [0.3, 0.4) is 0 Å². The Balaban J connectivity index is 3.00. The van der Waals surface area contributed by atoms with Crippen molar-refractivity contribution in [1.29, 1.82) is 5.26 Å². The number of hydrogen-bond acceptors (Lipinski definition) is 4. The smallest absolute Gasteiger partial charge is 0.128 e. The molecule has 68 valence electrons. The summed E-state index contributed by atoms with van der Waals surface area (Å²) in [5.74, 6) is 0.381. The average Bonchev–Trinajstić information content (AvgIpc) is 2.09. The minimum absolute atomic E-state index is 0.238. The van der Waals surface area contributed by atoms with E-state index < -0.39 is 0 Å². The van der Waals surface area contributed by atoms with Crippen molar-refractivity contribution in [3.8, 4) is 6.07 Å². The van der Waals surface area contributed by atoms with E-state index in [0.717, 1.165) is 4.47 Å². The summed E-state index contributed by atoms with van der Waals surface area (Å²) in [5.41, 5.74) is 12.0. The highest BCUT2D eigenvalue weighted by atomic mass is 79.9. The van der Waals surface area contributed by atoms with Crippen molar-refractivity contribution in [3.05, 3.63) is 22.3 Å². The van der Waals surface area contributed by atoms with Crippen molar-refractivity contribution in [2.75, 3.05) is 5.73 Å². The fourth-order valence-corrected chi connectivity index (χ4v) is 1.32. The van der Waals surface area contributed by atoms with Crippen molar-refractivity contribution in [3.63, 3.8) is 0 Å². The first-order chi connectivity index (χ1) is 6.15. The van der Waals surface area contributed by atoms with Crippen LogP contribution >= 0.6 is 15.9 Å². The molecule has 13 heavy (non-hydrogen) atoms. The Bertz CT molecular complexity index is 344. The first-order valence-electron chi connectivity index (χ1n) is 3.68. The molecule has 1 heterocycles. The van der Waals surface area contributed by atoms with Crippen LogP contribution in [0.25, 0.3) is 0 Å². The van der Waals surface area contributed by atoms with Gasteiger partial charge in [-0.1, -0.05) is 0 Å². The van der Waals surface area contributed by atoms with E-state index >= 15 is 0 Å². The number of nitriles is 1. The second kappa shape index (κ2) is 4.21. The van der Waals surface area contributed by atoms with Crippen molar-refractivity contribution >= 4 is 21.7 Å². The van der Waals surface area contributed by atoms with Gasteiger partial charge in [-0.05, 0) is 22.0 Å². The standard InChI is InChI=1S/C8H9BrN4/c9-5-3-6(7(11)1-2-10)8(12)13-4-5/h3-4,7H,1,11H2,(H2,12,13)/t7-/m1/s1. The van der Waals surface area contributed by atoms with E-state index in [1.807, 2.05) is 6.07 Å². The van der Waals surface area contributed by atoms with Crippen LogP contribution < -0.4 is 11.5 Å². The summed E-state index contributed by atoms with van der Waals surface area (Å²) in [6, 6.07) is 3.41. The summed E-state index contributed by atoms with van der Waals surface area (Å²) in [5, 5.41) is 8.46. The van der Waals surface area contributed by atoms with Crippen molar-refractivity contribution in [2.24, 2.45) is 5.73 Å². The second-order valence-corrected chi connectivity index (χ2v) is 3.51. The first-order valence-corrected chi connectivity index (χ1v) is 4.48. The van der Waals surface area contributed by atoms with Gasteiger partial charge in [-0.3, -0.25) is 0 Å². The Morgan fingerprint density at radius 2 is 2.38 bits per heavy atom. The zero-order valence-corrected chi connectivity index (χ0v) is 8.45. The highest BCUT2D eigenvalue weighted by molar-refractivity contribution is 9.10. The van der Waals surface area contributed by atoms with Crippen LogP contribution in [-0.4, -0.2) is 4.98 Å². The minimum Gasteiger partial charge on any atom is -0.383 e. The molecule has 0 saturated heterocycles. The third kappa shape index (κ3) is 2.41. The van der Waals surface area contributed by atoms with E-state index in [4.69, 9.17) is 16.7 Å². The molecule has 0 bridgehead atoms. The predicted molar refractivity (Wildman–Crippen MR) is 53.5 cm³/mol. The Morgan fingerprint density at radius 1 is 1.69 bits per heavy atom. The lowest BCUT2D eigenvalue weighted by atomic mass is 10.1. The normalized spacial score (nSPS) is 12.1. The Kier molecular flexibility index (Phi) is 3.23. The van der Waals surface area contributed by atoms with Crippen LogP contribution in [0.2, 0.25) is 0 Å². The lowest BCUT2D eigenvalue weighted by Crippen LogP contribution is -2.12. The number of anilines is 1. The molecule has 4 N–H and O–H groups in total. The lowest BCUT2D eigenvalue weighted by molar-refractivity contribution is 0.746. The zero-order chi connectivity index (χ0) is 9.84. The maximum atomic E-state index is 8.46. The third-order valence-electron chi connectivity index (χ3n) is 1.63. The third-order valence-corrected chi connectivity index (χ3v) is 2.06. The second-order valence-electron chi connectivity index (χ2n) is 2.60. The Morgan fingerprint density at radius 3 is 3.00 bits per heavy atom. The lowest BCUT2D eigenvalue weighted by Gasteiger charge is -2.09. The maximum Gasteiger partial charge on any atom is 0.128 e. The maximum absolute atomic E-state index is 8.46. The summed E-state index contributed by atoms with van der Waals surface area (Å²) in [4.78, 5) is 3.92. The molecular weight excluding hydrogens is 232 g/mol. The SMILES string of the molecule is N#CC[C@@H](N)c1cc(Br)cnc1N. The molecule has 0 fully saturated rings. The molecule has 0 unspecified atom stereocenters. The average molecular weight is 241 g/mol. The van der Waals surface area contributed by atoms with Gasteiger partial charge in [0, 0.05) is 22.3 Å². The van der Waals surface area contributed by atoms with Gasteiger partial charge in [0.1, 0.15) is 5.82 Å². The van der Waals surface area contributed by atoms with Crippen LogP contribution in [0.1, 0.15) is 18.0 Å². The number of nitrogens with zero attached hydrogens (tertiary/aromatic N) is 2. The van der Waals surface area contributed by atoms with Gasteiger partial charge in [0.25, 0.3) is 0 Å². The number of nitrogen functional groups attached to an aromatic ring is 1. The van der Waals surface area contributed by atoms with Crippen LogP contribution in [0.15, 0.2) is 16.7 Å². The number of nitrogens with two attached hydrogens (primary N) is 2. The molecule has 5 heteroatoms. The molecule has 0 spiro atoms. The number of aromatic nitrogens is 1. The number of rotatable bonds is 2. The van der Waals surface area contributed by atoms with Gasteiger partial charge >= 0.3 is 0 Å². The van der Waals surface area contributed by atoms with Gasteiger partial charge in [0.15, 0.2) is 0 Å². The van der Waals surface area contributed by atoms with Crippen LogP contribution in [-0.2, 0) is 0 Å². The zero-order valence-electron chi connectivity index (χ0n) is 6.87. The van der Waals surface area contributed by atoms with E-state index in [0.29, 0.717) is 11.4 Å². The molecule has 0 amide bonds. The predicted octanol–water partition coefficient (Wildman–Crippen LogP) is 1.34. The van der Waals surface area contributed by atoms with Crippen molar-refractivity contribution < 1.29 is 0 Å². The Hall–Kier alpha value is -1.12. The number of pyridine rings is 1. The summed E-state index contributed by atoms with van der Waals surface area (Å²) < 4.78 is 0.810.